The van der Waals surface area contributed by atoms with Gasteiger partial charge < -0.3 is 10.2 Å². The fourth-order valence-corrected chi connectivity index (χ4v) is 8.07. The van der Waals surface area contributed by atoms with E-state index in [0.717, 1.165) is 11.1 Å². The lowest BCUT2D eigenvalue weighted by molar-refractivity contribution is -0.133. The van der Waals surface area contributed by atoms with E-state index in [1.54, 1.807) is 29.2 Å². The predicted octanol–water partition coefficient (Wildman–Crippen LogP) is 5.14. The van der Waals surface area contributed by atoms with Gasteiger partial charge in [0.1, 0.15) is 8.64 Å². The van der Waals surface area contributed by atoms with Gasteiger partial charge in [0.15, 0.2) is 0 Å². The van der Waals surface area contributed by atoms with Crippen molar-refractivity contribution in [2.45, 2.75) is 12.8 Å². The van der Waals surface area contributed by atoms with E-state index in [9.17, 15) is 19.2 Å². The molecule has 15 heteroatoms. The van der Waals surface area contributed by atoms with Crippen LogP contribution in [-0.2, 0) is 19.2 Å². The Bertz CT molecular complexity index is 1660. The molecule has 3 saturated heterocycles. The van der Waals surface area contributed by atoms with E-state index in [1.807, 2.05) is 36.4 Å². The van der Waals surface area contributed by atoms with E-state index < -0.39 is 0 Å². The first-order valence-corrected chi connectivity index (χ1v) is 18.1. The average molecular weight is 749 g/mol. The molecule has 0 spiro atoms. The van der Waals surface area contributed by atoms with Crippen molar-refractivity contribution in [2.75, 3.05) is 52.4 Å². The molecular formula is C32H31Cl2N5O4S4. The fraction of sp³-hybridized carbons (Fsp3) is 0.312. The molecular weight excluding hydrogens is 718 g/mol. The number of rotatable bonds is 11. The highest BCUT2D eigenvalue weighted by Crippen LogP contribution is 2.35. The summed E-state index contributed by atoms with van der Waals surface area (Å²) >= 11 is 25.6. The van der Waals surface area contributed by atoms with Gasteiger partial charge in [0.05, 0.1) is 9.81 Å². The number of carbonyl (C=O) groups is 4. The smallest absolute Gasteiger partial charge is 0.266 e. The summed E-state index contributed by atoms with van der Waals surface area (Å²) in [5, 5.41) is 4.01. The van der Waals surface area contributed by atoms with Gasteiger partial charge in [-0.1, -0.05) is 108 Å². The third-order valence-corrected chi connectivity index (χ3v) is 11.2. The molecule has 1 N–H and O–H groups in total. The summed E-state index contributed by atoms with van der Waals surface area (Å²) in [6.45, 7) is 4.00. The van der Waals surface area contributed by atoms with Gasteiger partial charge in [-0.2, -0.15) is 0 Å². The molecule has 2 aromatic rings. The van der Waals surface area contributed by atoms with Crippen LogP contribution in [0.5, 0.6) is 0 Å². The standard InChI is InChI=1S/C32H31Cl2N5O4S4/c33-23-7-3-1-5-21(23)19-25-29(42)38(31(44)46-25)12-9-27(40)35-11-14-36-15-17-37(18-16-36)28(41)10-13-39-30(43)26(47-32(39)45)20-22-6-2-4-8-24(22)34/h1-8,19-20H,9-18H2,(H,35,40). The molecule has 47 heavy (non-hydrogen) atoms. The summed E-state index contributed by atoms with van der Waals surface area (Å²) in [5.74, 6) is -0.646. The zero-order valence-corrected chi connectivity index (χ0v) is 29.9. The minimum atomic E-state index is -0.233. The Kier molecular flexibility index (Phi) is 12.5. The van der Waals surface area contributed by atoms with Gasteiger partial charge in [-0.05, 0) is 35.4 Å². The molecule has 0 aromatic heterocycles. The van der Waals surface area contributed by atoms with Crippen molar-refractivity contribution >= 4 is 116 Å². The number of thioether (sulfide) groups is 2. The Labute approximate surface area is 302 Å². The maximum atomic E-state index is 12.9. The summed E-state index contributed by atoms with van der Waals surface area (Å²) in [7, 11) is 0. The van der Waals surface area contributed by atoms with Crippen LogP contribution in [0.3, 0.4) is 0 Å². The Balaban J connectivity index is 0.983. The van der Waals surface area contributed by atoms with Gasteiger partial charge in [-0.15, -0.1) is 0 Å². The van der Waals surface area contributed by atoms with E-state index >= 15 is 0 Å². The summed E-state index contributed by atoms with van der Waals surface area (Å²) in [5.41, 5.74) is 1.47. The van der Waals surface area contributed by atoms with Crippen LogP contribution in [0.4, 0.5) is 0 Å². The first-order valence-electron chi connectivity index (χ1n) is 14.9. The first-order chi connectivity index (χ1) is 22.6. The highest BCUT2D eigenvalue weighted by atomic mass is 35.5. The number of hydrogen-bond donors (Lipinski definition) is 1. The molecule has 0 aliphatic carbocycles. The minimum absolute atomic E-state index is 0.0282. The quantitative estimate of drug-likeness (QED) is 0.248. The van der Waals surface area contributed by atoms with E-state index in [1.165, 1.54) is 33.3 Å². The number of thiocarbonyl (C=S) groups is 2. The number of piperazine rings is 1. The van der Waals surface area contributed by atoms with Crippen molar-refractivity contribution < 1.29 is 19.2 Å². The van der Waals surface area contributed by atoms with Crippen molar-refractivity contribution in [1.29, 1.82) is 0 Å². The van der Waals surface area contributed by atoms with Gasteiger partial charge in [-0.25, -0.2) is 0 Å². The number of nitrogens with zero attached hydrogens (tertiary/aromatic N) is 4. The molecule has 0 radical (unpaired) electrons. The lowest BCUT2D eigenvalue weighted by Crippen LogP contribution is -2.50. The topological polar surface area (TPSA) is 93.3 Å². The highest BCUT2D eigenvalue weighted by molar-refractivity contribution is 8.27. The maximum Gasteiger partial charge on any atom is 0.266 e. The van der Waals surface area contributed by atoms with Crippen molar-refractivity contribution in [3.05, 3.63) is 79.5 Å². The van der Waals surface area contributed by atoms with Crippen molar-refractivity contribution in [2.24, 2.45) is 0 Å². The van der Waals surface area contributed by atoms with Crippen LogP contribution in [-0.4, -0.2) is 104 Å². The average Bonchev–Trinajstić information content (AvgIpc) is 3.48. The first kappa shape index (κ1) is 35.5. The van der Waals surface area contributed by atoms with E-state index in [2.05, 4.69) is 10.2 Å². The number of amides is 4. The van der Waals surface area contributed by atoms with Crippen LogP contribution in [0.2, 0.25) is 10.0 Å². The third-order valence-electron chi connectivity index (χ3n) is 7.72. The second-order valence-corrected chi connectivity index (χ2v) is 14.9. The molecule has 0 saturated carbocycles. The lowest BCUT2D eigenvalue weighted by atomic mass is 10.2. The molecule has 0 atom stereocenters. The molecule has 2 aromatic carbocycles. The summed E-state index contributed by atoms with van der Waals surface area (Å²) in [6.07, 6.45) is 3.76. The zero-order chi connectivity index (χ0) is 33.5. The van der Waals surface area contributed by atoms with Crippen LogP contribution in [0.1, 0.15) is 24.0 Å². The fourth-order valence-electron chi connectivity index (χ4n) is 5.09. The van der Waals surface area contributed by atoms with E-state index in [0.29, 0.717) is 67.8 Å². The number of hydrogen-bond acceptors (Lipinski definition) is 9. The maximum absolute atomic E-state index is 12.9. The Morgan fingerprint density at radius 2 is 1.23 bits per heavy atom. The Hall–Kier alpha value is -2.78. The molecule has 3 aliphatic heterocycles. The second-order valence-electron chi connectivity index (χ2n) is 10.8. The zero-order valence-electron chi connectivity index (χ0n) is 25.2. The van der Waals surface area contributed by atoms with Crippen molar-refractivity contribution in [1.82, 2.24) is 24.9 Å². The third kappa shape index (κ3) is 9.23. The SMILES string of the molecule is O=C(CCN1C(=O)C(=Cc2ccccc2Cl)SC1=S)NCCN1CCN(C(=O)CCN2C(=O)C(=Cc3ccccc3Cl)SC2=S)CC1. The molecule has 0 unspecified atom stereocenters. The molecule has 4 amide bonds. The van der Waals surface area contributed by atoms with Gasteiger partial charge in [-0.3, -0.25) is 33.9 Å². The van der Waals surface area contributed by atoms with Crippen LogP contribution < -0.4 is 5.32 Å². The van der Waals surface area contributed by atoms with E-state index in [-0.39, 0.29) is 49.6 Å². The lowest BCUT2D eigenvalue weighted by Gasteiger charge is -2.35. The number of halogens is 2. The Morgan fingerprint density at radius 3 is 1.74 bits per heavy atom. The number of nitrogens with one attached hydrogen (secondary N) is 1. The molecule has 246 valence electrons. The molecule has 5 rings (SSSR count). The number of carbonyl (C=O) groups excluding carboxylic acids is 4. The van der Waals surface area contributed by atoms with Crippen LogP contribution >= 0.6 is 71.2 Å². The Morgan fingerprint density at radius 1 is 0.745 bits per heavy atom. The van der Waals surface area contributed by atoms with Crippen LogP contribution in [0, 0.1) is 0 Å². The van der Waals surface area contributed by atoms with Crippen molar-refractivity contribution in [3.63, 3.8) is 0 Å². The molecule has 9 nitrogen and oxygen atoms in total. The monoisotopic (exact) mass is 747 g/mol. The van der Waals surface area contributed by atoms with Crippen molar-refractivity contribution in [3.8, 4) is 0 Å². The van der Waals surface area contributed by atoms with Gasteiger partial charge in [0.2, 0.25) is 11.8 Å². The number of benzene rings is 2. The molecule has 3 fully saturated rings. The second kappa shape index (κ2) is 16.6. The minimum Gasteiger partial charge on any atom is -0.355 e. The predicted molar refractivity (Wildman–Crippen MR) is 198 cm³/mol. The largest absolute Gasteiger partial charge is 0.355 e. The summed E-state index contributed by atoms with van der Waals surface area (Å²) in [6, 6.07) is 14.5. The molecule has 3 aliphatic rings. The van der Waals surface area contributed by atoms with Crippen LogP contribution in [0.25, 0.3) is 12.2 Å². The van der Waals surface area contributed by atoms with E-state index in [4.69, 9.17) is 47.6 Å². The highest BCUT2D eigenvalue weighted by Gasteiger charge is 2.34. The molecule has 0 bridgehead atoms. The van der Waals surface area contributed by atoms with Gasteiger partial charge >= 0.3 is 0 Å². The normalized spacial score (nSPS) is 19.1. The van der Waals surface area contributed by atoms with Crippen LogP contribution in [0.15, 0.2) is 58.3 Å². The summed E-state index contributed by atoms with van der Waals surface area (Å²) in [4.78, 5) is 59.1. The van der Waals surface area contributed by atoms with Gasteiger partial charge in [0.25, 0.3) is 11.8 Å². The molecule has 3 heterocycles. The summed E-state index contributed by atoms with van der Waals surface area (Å²) < 4.78 is 0.841. The van der Waals surface area contributed by atoms with Gasteiger partial charge in [0, 0.05) is 75.2 Å².